The molecular formula is C12H6BrClF3N5. The van der Waals surface area contributed by atoms with E-state index in [1.54, 1.807) is 6.07 Å². The van der Waals surface area contributed by atoms with Gasteiger partial charge in [0.15, 0.2) is 0 Å². The van der Waals surface area contributed by atoms with Gasteiger partial charge in [-0.2, -0.15) is 27.8 Å². The maximum Gasteiger partial charge on any atom is 0.417 e. The quantitative estimate of drug-likeness (QED) is 0.623. The maximum absolute atomic E-state index is 12.7. The first kappa shape index (κ1) is 15.2. The van der Waals surface area contributed by atoms with Crippen molar-refractivity contribution in [2.45, 2.75) is 11.5 Å². The van der Waals surface area contributed by atoms with E-state index in [9.17, 15) is 13.2 Å². The maximum atomic E-state index is 12.7. The molecule has 5 nitrogen and oxygen atoms in total. The van der Waals surface area contributed by atoms with Gasteiger partial charge in [0, 0.05) is 11.5 Å². The van der Waals surface area contributed by atoms with Crippen molar-refractivity contribution in [1.82, 2.24) is 24.6 Å². The number of hydrogen-bond donors (Lipinski definition) is 0. The van der Waals surface area contributed by atoms with Crippen LogP contribution in [0.15, 0.2) is 24.7 Å². The summed E-state index contributed by atoms with van der Waals surface area (Å²) < 4.78 is 39.4. The highest BCUT2D eigenvalue weighted by molar-refractivity contribution is 9.08. The molecule has 0 fully saturated rings. The molecule has 0 aliphatic heterocycles. The molecular weight excluding hydrogens is 387 g/mol. The van der Waals surface area contributed by atoms with E-state index in [1.807, 2.05) is 0 Å². The molecule has 0 aliphatic carbocycles. The predicted molar refractivity (Wildman–Crippen MR) is 76.7 cm³/mol. The van der Waals surface area contributed by atoms with Gasteiger partial charge in [0.25, 0.3) is 5.78 Å². The molecule has 3 aromatic heterocycles. The molecule has 0 atom stereocenters. The van der Waals surface area contributed by atoms with Gasteiger partial charge in [-0.3, -0.25) is 4.98 Å². The third kappa shape index (κ3) is 2.66. The van der Waals surface area contributed by atoms with E-state index in [0.717, 1.165) is 12.3 Å². The average Bonchev–Trinajstić information content (AvgIpc) is 2.93. The number of hydrogen-bond acceptors (Lipinski definition) is 4. The van der Waals surface area contributed by atoms with Crippen LogP contribution >= 0.6 is 27.5 Å². The summed E-state index contributed by atoms with van der Waals surface area (Å²) in [7, 11) is 0. The van der Waals surface area contributed by atoms with E-state index < -0.39 is 11.7 Å². The SMILES string of the molecule is FC(F)(F)c1cnc(-c2cc(CBr)nc3ncnn23)c(Cl)c1. The monoisotopic (exact) mass is 391 g/mol. The average molecular weight is 393 g/mol. The summed E-state index contributed by atoms with van der Waals surface area (Å²) in [5, 5.41) is 4.31. The molecule has 22 heavy (non-hydrogen) atoms. The zero-order chi connectivity index (χ0) is 15.9. The first-order chi connectivity index (χ1) is 10.4. The molecule has 114 valence electrons. The van der Waals surface area contributed by atoms with Crippen molar-refractivity contribution in [2.75, 3.05) is 0 Å². The van der Waals surface area contributed by atoms with Crippen molar-refractivity contribution >= 4 is 33.3 Å². The van der Waals surface area contributed by atoms with Crippen molar-refractivity contribution in [2.24, 2.45) is 0 Å². The number of rotatable bonds is 2. The highest BCUT2D eigenvalue weighted by Crippen LogP contribution is 2.34. The number of pyridine rings is 1. The van der Waals surface area contributed by atoms with Gasteiger partial charge in [0.05, 0.1) is 22.0 Å². The molecule has 0 radical (unpaired) electrons. The number of nitrogens with zero attached hydrogens (tertiary/aromatic N) is 5. The minimum Gasteiger partial charge on any atom is -0.252 e. The third-order valence-corrected chi connectivity index (χ3v) is 3.72. The summed E-state index contributed by atoms with van der Waals surface area (Å²) in [5.74, 6) is 0.310. The van der Waals surface area contributed by atoms with Crippen molar-refractivity contribution in [3.63, 3.8) is 0 Å². The normalized spacial score (nSPS) is 12.0. The van der Waals surface area contributed by atoms with Crippen LogP contribution in [0.5, 0.6) is 0 Å². The van der Waals surface area contributed by atoms with Gasteiger partial charge in [-0.25, -0.2) is 4.98 Å². The van der Waals surface area contributed by atoms with E-state index in [4.69, 9.17) is 11.6 Å². The molecule has 3 heterocycles. The summed E-state index contributed by atoms with van der Waals surface area (Å²) in [6.45, 7) is 0. The molecule has 3 rings (SSSR count). The molecule has 0 bridgehead atoms. The largest absolute Gasteiger partial charge is 0.417 e. The van der Waals surface area contributed by atoms with Crippen LogP contribution in [0.2, 0.25) is 5.02 Å². The second kappa shape index (κ2) is 5.47. The summed E-state index contributed by atoms with van der Waals surface area (Å²) in [4.78, 5) is 12.0. The lowest BCUT2D eigenvalue weighted by Gasteiger charge is -2.10. The molecule has 0 aliphatic rings. The topological polar surface area (TPSA) is 56.0 Å². The second-order valence-corrected chi connectivity index (χ2v) is 5.26. The molecule has 0 aromatic carbocycles. The van der Waals surface area contributed by atoms with Crippen molar-refractivity contribution in [3.05, 3.63) is 40.9 Å². The molecule has 0 spiro atoms. The predicted octanol–water partition coefficient (Wildman–Crippen LogP) is 3.75. The van der Waals surface area contributed by atoms with Crippen LogP contribution in [-0.4, -0.2) is 24.6 Å². The third-order valence-electron chi connectivity index (χ3n) is 2.85. The summed E-state index contributed by atoms with van der Waals surface area (Å²) in [5.41, 5.74) is 0.310. The van der Waals surface area contributed by atoms with Gasteiger partial charge in [0.2, 0.25) is 0 Å². The minimum atomic E-state index is -4.50. The van der Waals surface area contributed by atoms with E-state index in [0.29, 0.717) is 22.5 Å². The Balaban J connectivity index is 2.21. The Kier molecular flexibility index (Phi) is 3.77. The van der Waals surface area contributed by atoms with Crippen LogP contribution in [0.25, 0.3) is 17.2 Å². The standard InChI is InChI=1S/C12H6BrClF3N5/c13-3-7-2-9(22-11(21-7)19-5-20-22)10-8(14)1-6(4-18-10)12(15,16)17/h1-2,4-5H,3H2. The lowest BCUT2D eigenvalue weighted by atomic mass is 10.2. The summed E-state index contributed by atoms with van der Waals surface area (Å²) >= 11 is 9.25. The first-order valence-electron chi connectivity index (χ1n) is 5.89. The Labute approximate surface area is 135 Å². The van der Waals surface area contributed by atoms with E-state index >= 15 is 0 Å². The zero-order valence-electron chi connectivity index (χ0n) is 10.6. The van der Waals surface area contributed by atoms with Crippen LogP contribution in [0, 0.1) is 0 Å². The molecule has 0 saturated carbocycles. The van der Waals surface area contributed by atoms with Gasteiger partial charge in [-0.1, -0.05) is 27.5 Å². The van der Waals surface area contributed by atoms with E-state index in [2.05, 4.69) is 36.0 Å². The molecule has 3 aromatic rings. The first-order valence-corrected chi connectivity index (χ1v) is 7.39. The molecule has 0 amide bonds. The van der Waals surface area contributed by atoms with Gasteiger partial charge >= 0.3 is 6.18 Å². The lowest BCUT2D eigenvalue weighted by Crippen LogP contribution is -2.07. The van der Waals surface area contributed by atoms with Crippen LogP contribution in [0.1, 0.15) is 11.3 Å². The van der Waals surface area contributed by atoms with Crippen LogP contribution in [0.4, 0.5) is 13.2 Å². The van der Waals surface area contributed by atoms with E-state index in [1.165, 1.54) is 10.8 Å². The van der Waals surface area contributed by atoms with Crippen LogP contribution < -0.4 is 0 Å². The summed E-state index contributed by atoms with van der Waals surface area (Å²) in [6, 6.07) is 2.47. The van der Waals surface area contributed by atoms with Crippen molar-refractivity contribution in [3.8, 4) is 11.4 Å². The van der Waals surface area contributed by atoms with Crippen molar-refractivity contribution < 1.29 is 13.2 Å². The van der Waals surface area contributed by atoms with Crippen LogP contribution in [0.3, 0.4) is 0 Å². The Hall–Kier alpha value is -1.74. The number of fused-ring (bicyclic) bond motifs is 1. The Morgan fingerprint density at radius 3 is 2.64 bits per heavy atom. The number of halogens is 5. The van der Waals surface area contributed by atoms with E-state index in [-0.39, 0.29) is 10.7 Å². The van der Waals surface area contributed by atoms with Gasteiger partial charge in [-0.15, -0.1) is 0 Å². The molecule has 0 N–H and O–H groups in total. The Bertz CT molecular complexity index is 848. The van der Waals surface area contributed by atoms with Gasteiger partial charge in [0.1, 0.15) is 12.0 Å². The zero-order valence-corrected chi connectivity index (χ0v) is 13.0. The second-order valence-electron chi connectivity index (χ2n) is 4.29. The molecule has 10 heteroatoms. The highest BCUT2D eigenvalue weighted by atomic mass is 79.9. The van der Waals surface area contributed by atoms with Crippen LogP contribution in [-0.2, 0) is 11.5 Å². The minimum absolute atomic E-state index is 0.127. The van der Waals surface area contributed by atoms with Gasteiger partial charge in [-0.05, 0) is 12.1 Å². The Morgan fingerprint density at radius 2 is 2.00 bits per heavy atom. The fourth-order valence-electron chi connectivity index (χ4n) is 1.88. The fourth-order valence-corrected chi connectivity index (χ4v) is 2.43. The number of alkyl halides is 4. The molecule has 0 saturated heterocycles. The van der Waals surface area contributed by atoms with Gasteiger partial charge < -0.3 is 0 Å². The lowest BCUT2D eigenvalue weighted by molar-refractivity contribution is -0.137. The molecule has 0 unspecified atom stereocenters. The van der Waals surface area contributed by atoms with Crippen molar-refractivity contribution in [1.29, 1.82) is 0 Å². The highest BCUT2D eigenvalue weighted by Gasteiger charge is 2.32. The summed E-state index contributed by atoms with van der Waals surface area (Å²) in [6.07, 6.45) is -2.48. The number of aromatic nitrogens is 5. The fraction of sp³-hybridized carbons (Fsp3) is 0.167. The smallest absolute Gasteiger partial charge is 0.252 e. The Morgan fingerprint density at radius 1 is 1.23 bits per heavy atom.